The first-order chi connectivity index (χ1) is 17.1. The molecule has 3 rings (SSSR count). The number of nitrogen functional groups attached to an aromatic ring is 1. The lowest BCUT2D eigenvalue weighted by Crippen LogP contribution is -2.33. The summed E-state index contributed by atoms with van der Waals surface area (Å²) >= 11 is 0. The van der Waals surface area contributed by atoms with Gasteiger partial charge in [-0.3, -0.25) is 4.57 Å². The number of ether oxygens (including phenoxy) is 1. The van der Waals surface area contributed by atoms with Crippen molar-refractivity contribution in [3.8, 4) is 0 Å². The minimum Gasteiger partial charge on any atom is -0.394 e. The van der Waals surface area contributed by atoms with Crippen molar-refractivity contribution < 1.29 is 97.0 Å². The van der Waals surface area contributed by atoms with Crippen LogP contribution in [-0.4, -0.2) is 118 Å². The fourth-order valence-corrected chi connectivity index (χ4v) is 2.17. The van der Waals surface area contributed by atoms with Gasteiger partial charge in [0.1, 0.15) is 30.2 Å². The van der Waals surface area contributed by atoms with Gasteiger partial charge >= 0.3 is 31.3 Å². The molecule has 25 nitrogen and oxygen atoms in total. The van der Waals surface area contributed by atoms with E-state index in [2.05, 4.69) is 15.0 Å². The van der Waals surface area contributed by atoms with E-state index in [0.29, 0.717) is 11.2 Å². The van der Waals surface area contributed by atoms with Crippen LogP contribution in [-0.2, 0) is 23.0 Å². The average molecular weight is 659 g/mol. The number of rotatable bonds is 2. The molecule has 0 bridgehead atoms. The summed E-state index contributed by atoms with van der Waals surface area (Å²) in [5.41, 5.74) is 6.44. The normalized spacial score (nSPS) is 21.2. The van der Waals surface area contributed by atoms with E-state index in [9.17, 15) is 10.2 Å². The van der Waals surface area contributed by atoms with Crippen molar-refractivity contribution in [2.75, 3.05) is 12.3 Å². The zero-order valence-corrected chi connectivity index (χ0v) is 22.2. The predicted octanol–water partition coefficient (Wildman–Crippen LogP) is -5.69. The lowest BCUT2D eigenvalue weighted by atomic mass is 10.1. The third-order valence-electron chi connectivity index (χ3n) is 3.18. The minimum absolute atomic E-state index is 0.218. The van der Waals surface area contributed by atoms with Crippen LogP contribution in [0.3, 0.4) is 0 Å². The first kappa shape index (κ1) is 39.8. The van der Waals surface area contributed by atoms with Crippen molar-refractivity contribution in [1.82, 2.24) is 19.5 Å². The maximum absolute atomic E-state index is 9.95. The number of nitrogens with zero attached hydrogens (tertiary/aromatic N) is 4. The summed E-state index contributed by atoms with van der Waals surface area (Å²) in [6.07, 6.45) is -1.42. The fraction of sp³-hybridized carbons (Fsp3) is 0.500. The molecule has 0 unspecified atom stereocenters. The Hall–Kier alpha value is -1.37. The highest BCUT2D eigenvalue weighted by Crippen LogP contribution is 2.31. The highest BCUT2D eigenvalue weighted by molar-refractivity contribution is 7.45. The van der Waals surface area contributed by atoms with Gasteiger partial charge in [0.25, 0.3) is 0 Å². The number of anilines is 1. The molecule has 29 heteroatoms. The Morgan fingerprint density at radius 1 is 0.744 bits per heavy atom. The number of aromatic nitrogens is 4. The first-order valence-electron chi connectivity index (χ1n) is 8.82. The van der Waals surface area contributed by atoms with Crippen LogP contribution < -0.4 is 5.73 Å². The quantitative estimate of drug-likeness (QED) is 0.134. The van der Waals surface area contributed by atoms with Gasteiger partial charge in [-0.1, -0.05) is 0 Å². The van der Waals surface area contributed by atoms with E-state index in [-0.39, 0.29) is 5.82 Å². The maximum Gasteiger partial charge on any atom is 0.466 e. The molecular weight excluding hydrogens is 634 g/mol. The molecular formula is C10H25N5O20P4. The van der Waals surface area contributed by atoms with Crippen LogP contribution in [0.4, 0.5) is 5.82 Å². The minimum atomic E-state index is -4.64. The summed E-state index contributed by atoms with van der Waals surface area (Å²) in [5, 5.41) is 28.7. The van der Waals surface area contributed by atoms with Gasteiger partial charge in [-0.2, -0.15) is 0 Å². The van der Waals surface area contributed by atoms with E-state index >= 15 is 0 Å². The van der Waals surface area contributed by atoms with Crippen molar-refractivity contribution in [3.05, 3.63) is 12.7 Å². The first-order valence-corrected chi connectivity index (χ1v) is 15.1. The van der Waals surface area contributed by atoms with Crippen LogP contribution >= 0.6 is 31.3 Å². The molecule has 0 amide bonds. The number of hydrogen-bond donors (Lipinski definition) is 16. The summed E-state index contributed by atoms with van der Waals surface area (Å²) < 4.78 is 42.4. The SMILES string of the molecule is Nc1ncnc2c1ncn2[C@@H]1O[C@H](CO)[C@@H](O)[C@H]1O.O=P(O)(O)O.O=P(O)(O)O.O=P(O)(O)O.O=P(O)(O)O. The molecule has 230 valence electrons. The van der Waals surface area contributed by atoms with Gasteiger partial charge < -0.3 is 84.5 Å². The number of phosphoric acid groups is 4. The second-order valence-corrected chi connectivity index (χ2v) is 10.5. The van der Waals surface area contributed by atoms with Crippen LogP contribution in [0.15, 0.2) is 12.7 Å². The van der Waals surface area contributed by atoms with Gasteiger partial charge in [0.2, 0.25) is 0 Å². The summed E-state index contributed by atoms with van der Waals surface area (Å²) in [7, 11) is -18.6. The lowest BCUT2D eigenvalue weighted by Gasteiger charge is -2.16. The Morgan fingerprint density at radius 3 is 1.46 bits per heavy atom. The Kier molecular flexibility index (Phi) is 16.5. The zero-order chi connectivity index (χ0) is 31.6. The smallest absolute Gasteiger partial charge is 0.394 e. The third-order valence-corrected chi connectivity index (χ3v) is 3.18. The maximum atomic E-state index is 9.95. The van der Waals surface area contributed by atoms with Crippen molar-refractivity contribution in [2.45, 2.75) is 24.5 Å². The van der Waals surface area contributed by atoms with Gasteiger partial charge in [0.05, 0.1) is 12.9 Å². The molecule has 1 saturated heterocycles. The standard InChI is InChI=1S/C10H13N5O4.4H3O4P/c11-8-5-9(13-2-12-8)15(3-14-5)10-7(18)6(17)4(1-16)19-10;4*1-5(2,3)4/h2-4,6-7,10,16-18H,1H2,(H2,11,12,13);4*(H3,1,2,3,4)/t4-,6-,7-,10-;;;;/m1..../s1. The second kappa shape index (κ2) is 16.2. The number of hydrogen-bond acceptors (Lipinski definition) is 12. The Labute approximate surface area is 215 Å². The number of nitrogens with two attached hydrogens (primary N) is 1. The molecule has 0 saturated carbocycles. The van der Waals surface area contributed by atoms with Crippen molar-refractivity contribution >= 4 is 48.3 Å². The molecule has 17 N–H and O–H groups in total. The predicted molar refractivity (Wildman–Crippen MR) is 120 cm³/mol. The number of imidazole rings is 1. The molecule has 39 heavy (non-hydrogen) atoms. The molecule has 4 atom stereocenters. The monoisotopic (exact) mass is 659 g/mol. The molecule has 1 fully saturated rings. The van der Waals surface area contributed by atoms with Gasteiger partial charge in [0.15, 0.2) is 17.7 Å². The average Bonchev–Trinajstić information content (AvgIpc) is 3.19. The van der Waals surface area contributed by atoms with Crippen molar-refractivity contribution in [3.63, 3.8) is 0 Å². The summed E-state index contributed by atoms with van der Waals surface area (Å²) in [6, 6.07) is 0. The number of aliphatic hydroxyl groups is 3. The Morgan fingerprint density at radius 2 is 1.13 bits per heavy atom. The van der Waals surface area contributed by atoms with E-state index in [4.69, 9.17) is 92.6 Å². The second-order valence-electron chi connectivity index (χ2n) is 6.36. The van der Waals surface area contributed by atoms with Gasteiger partial charge in [-0.05, 0) is 0 Å². The van der Waals surface area contributed by atoms with E-state index in [1.165, 1.54) is 17.2 Å². The van der Waals surface area contributed by atoms with Crippen LogP contribution in [0, 0.1) is 0 Å². The van der Waals surface area contributed by atoms with Crippen molar-refractivity contribution in [2.24, 2.45) is 0 Å². The number of aliphatic hydroxyl groups excluding tert-OH is 3. The van der Waals surface area contributed by atoms with Gasteiger partial charge in [-0.25, -0.2) is 33.2 Å². The Bertz CT molecular complexity index is 1090. The third kappa shape index (κ3) is 23.1. The largest absolute Gasteiger partial charge is 0.466 e. The van der Waals surface area contributed by atoms with E-state index in [1.54, 1.807) is 0 Å². The van der Waals surface area contributed by atoms with Crippen LogP contribution in [0.2, 0.25) is 0 Å². The molecule has 0 spiro atoms. The zero-order valence-electron chi connectivity index (χ0n) is 18.6. The van der Waals surface area contributed by atoms with Gasteiger partial charge in [0, 0.05) is 0 Å². The Balaban J connectivity index is 0. The van der Waals surface area contributed by atoms with Gasteiger partial charge in [-0.15, -0.1) is 0 Å². The molecule has 1 aliphatic rings. The topological polar surface area (TPSA) is 451 Å². The summed E-state index contributed by atoms with van der Waals surface area (Å²) in [6.45, 7) is -0.390. The van der Waals surface area contributed by atoms with Crippen LogP contribution in [0.1, 0.15) is 6.23 Å². The molecule has 0 aromatic carbocycles. The molecule has 0 aliphatic carbocycles. The summed E-state index contributed by atoms with van der Waals surface area (Å²) in [4.78, 5) is 98.1. The van der Waals surface area contributed by atoms with E-state index in [1.807, 2.05) is 0 Å². The highest BCUT2D eigenvalue weighted by Gasteiger charge is 2.43. The van der Waals surface area contributed by atoms with E-state index in [0.717, 1.165) is 0 Å². The molecule has 2 aromatic heterocycles. The molecule has 3 heterocycles. The van der Waals surface area contributed by atoms with Crippen LogP contribution in [0.25, 0.3) is 11.2 Å². The van der Waals surface area contributed by atoms with Crippen LogP contribution in [0.5, 0.6) is 0 Å². The highest BCUT2D eigenvalue weighted by atomic mass is 31.2. The van der Waals surface area contributed by atoms with Crippen molar-refractivity contribution in [1.29, 1.82) is 0 Å². The lowest BCUT2D eigenvalue weighted by molar-refractivity contribution is -0.0511. The molecule has 1 aliphatic heterocycles. The fourth-order valence-electron chi connectivity index (χ4n) is 2.17. The summed E-state index contributed by atoms with van der Waals surface area (Å²) in [5.74, 6) is 0.218. The van der Waals surface area contributed by atoms with E-state index < -0.39 is 62.4 Å². The molecule has 2 aromatic rings. The molecule has 0 radical (unpaired) electrons. The number of fused-ring (bicyclic) bond motifs is 1.